The second-order valence-electron chi connectivity index (χ2n) is 5.98. The van der Waals surface area contributed by atoms with Gasteiger partial charge < -0.3 is 14.9 Å². The van der Waals surface area contributed by atoms with Gasteiger partial charge in [-0.15, -0.1) is 0 Å². The summed E-state index contributed by atoms with van der Waals surface area (Å²) in [5.41, 5.74) is 0. The van der Waals surface area contributed by atoms with E-state index >= 15 is 0 Å². The highest BCUT2D eigenvalue weighted by atomic mass is 16.3. The van der Waals surface area contributed by atoms with Gasteiger partial charge in [0.1, 0.15) is 0 Å². The fraction of sp³-hybridized carbons (Fsp3) is 0.857. The molecule has 0 spiro atoms. The van der Waals surface area contributed by atoms with Crippen molar-refractivity contribution in [2.45, 2.75) is 39.2 Å². The number of aliphatic hydroxyl groups excluding tert-OH is 1. The summed E-state index contributed by atoms with van der Waals surface area (Å²) in [5.74, 6) is 0.401. The van der Waals surface area contributed by atoms with Gasteiger partial charge in [-0.1, -0.05) is 13.8 Å². The first-order valence-electron chi connectivity index (χ1n) is 7.24. The summed E-state index contributed by atoms with van der Waals surface area (Å²) in [6.07, 6.45) is 1.84. The summed E-state index contributed by atoms with van der Waals surface area (Å²) in [4.78, 5) is 27.8. The molecule has 1 atom stereocenters. The van der Waals surface area contributed by atoms with Crippen molar-refractivity contribution in [1.29, 1.82) is 0 Å². The van der Waals surface area contributed by atoms with Gasteiger partial charge in [0, 0.05) is 38.0 Å². The Hall–Kier alpha value is -1.10. The van der Waals surface area contributed by atoms with Gasteiger partial charge >= 0.3 is 0 Å². The van der Waals surface area contributed by atoms with Crippen molar-refractivity contribution >= 4 is 11.8 Å². The maximum atomic E-state index is 12.3. The lowest BCUT2D eigenvalue weighted by Gasteiger charge is -2.34. The Bertz CT molecular complexity index is 349. The molecule has 108 valence electrons. The van der Waals surface area contributed by atoms with E-state index in [1.54, 1.807) is 4.90 Å². The lowest BCUT2D eigenvalue weighted by Crippen LogP contribution is -2.45. The number of nitrogens with zero attached hydrogens (tertiary/aromatic N) is 2. The molecule has 0 radical (unpaired) electrons. The Labute approximate surface area is 114 Å². The highest BCUT2D eigenvalue weighted by Crippen LogP contribution is 2.23. The van der Waals surface area contributed by atoms with E-state index in [-0.39, 0.29) is 29.8 Å². The summed E-state index contributed by atoms with van der Waals surface area (Å²) in [5, 5.41) is 9.48. The molecule has 2 rings (SSSR count). The Kier molecular flexibility index (Phi) is 4.45. The van der Waals surface area contributed by atoms with E-state index in [0.717, 1.165) is 12.8 Å². The Morgan fingerprint density at radius 1 is 1.05 bits per heavy atom. The average Bonchev–Trinajstić information content (AvgIpc) is 2.84. The van der Waals surface area contributed by atoms with Crippen LogP contribution in [0.3, 0.4) is 0 Å². The fourth-order valence-electron chi connectivity index (χ4n) is 2.91. The van der Waals surface area contributed by atoms with Gasteiger partial charge in [0.2, 0.25) is 11.8 Å². The molecule has 2 amide bonds. The van der Waals surface area contributed by atoms with Crippen LogP contribution in [0, 0.1) is 11.8 Å². The van der Waals surface area contributed by atoms with Gasteiger partial charge in [0.25, 0.3) is 0 Å². The Morgan fingerprint density at radius 2 is 1.63 bits per heavy atom. The van der Waals surface area contributed by atoms with Crippen molar-refractivity contribution in [3.05, 3.63) is 0 Å². The molecule has 5 nitrogen and oxygen atoms in total. The lowest BCUT2D eigenvalue weighted by molar-refractivity contribution is -0.141. The lowest BCUT2D eigenvalue weighted by atomic mass is 9.94. The van der Waals surface area contributed by atoms with Crippen molar-refractivity contribution in [3.8, 4) is 0 Å². The Balaban J connectivity index is 1.83. The van der Waals surface area contributed by atoms with E-state index in [4.69, 9.17) is 0 Å². The molecular formula is C14H24N2O3. The first-order chi connectivity index (χ1) is 8.99. The SMILES string of the molecule is CC(C)C(=O)N1CCC(C(=O)N2CC[C@H](O)C2)CC1. The van der Waals surface area contributed by atoms with Crippen molar-refractivity contribution < 1.29 is 14.7 Å². The molecular weight excluding hydrogens is 244 g/mol. The second kappa shape index (κ2) is 5.90. The first-order valence-corrected chi connectivity index (χ1v) is 7.24. The minimum Gasteiger partial charge on any atom is -0.391 e. The quantitative estimate of drug-likeness (QED) is 0.792. The summed E-state index contributed by atoms with van der Waals surface area (Å²) in [6.45, 7) is 6.33. The van der Waals surface area contributed by atoms with Crippen LogP contribution in [0.2, 0.25) is 0 Å². The second-order valence-corrected chi connectivity index (χ2v) is 5.98. The van der Waals surface area contributed by atoms with Crippen LogP contribution >= 0.6 is 0 Å². The zero-order valence-electron chi connectivity index (χ0n) is 11.8. The predicted molar refractivity (Wildman–Crippen MR) is 71.3 cm³/mol. The molecule has 2 saturated heterocycles. The molecule has 0 aromatic rings. The minimum absolute atomic E-state index is 0.0287. The third kappa shape index (κ3) is 3.26. The summed E-state index contributed by atoms with van der Waals surface area (Å²) >= 11 is 0. The standard InChI is InChI=1S/C14H24N2O3/c1-10(2)13(18)15-6-3-11(4-7-15)14(19)16-8-5-12(17)9-16/h10-12,17H,3-9H2,1-2H3/t12-/m0/s1. The number of rotatable bonds is 2. The minimum atomic E-state index is -0.355. The molecule has 0 bridgehead atoms. The zero-order valence-corrected chi connectivity index (χ0v) is 11.8. The number of carbonyl (C=O) groups excluding carboxylic acids is 2. The normalized spacial score (nSPS) is 25.2. The number of hydrogen-bond acceptors (Lipinski definition) is 3. The summed E-state index contributed by atoms with van der Waals surface area (Å²) < 4.78 is 0. The highest BCUT2D eigenvalue weighted by Gasteiger charge is 2.33. The largest absolute Gasteiger partial charge is 0.391 e. The number of likely N-dealkylation sites (tertiary alicyclic amines) is 2. The van der Waals surface area contributed by atoms with Gasteiger partial charge in [-0.2, -0.15) is 0 Å². The van der Waals surface area contributed by atoms with Crippen LogP contribution in [0.15, 0.2) is 0 Å². The van der Waals surface area contributed by atoms with Crippen LogP contribution in [0.25, 0.3) is 0 Å². The zero-order chi connectivity index (χ0) is 14.0. The number of amides is 2. The third-order valence-corrected chi connectivity index (χ3v) is 4.12. The van der Waals surface area contributed by atoms with Crippen LogP contribution in [0.1, 0.15) is 33.1 Å². The highest BCUT2D eigenvalue weighted by molar-refractivity contribution is 5.81. The molecule has 2 heterocycles. The van der Waals surface area contributed by atoms with Crippen LogP contribution < -0.4 is 0 Å². The Morgan fingerprint density at radius 3 is 2.11 bits per heavy atom. The molecule has 19 heavy (non-hydrogen) atoms. The van der Waals surface area contributed by atoms with Gasteiger partial charge in [0.05, 0.1) is 6.10 Å². The predicted octanol–water partition coefficient (Wildman–Crippen LogP) is 0.474. The molecule has 2 fully saturated rings. The molecule has 1 N–H and O–H groups in total. The maximum Gasteiger partial charge on any atom is 0.225 e. The van der Waals surface area contributed by atoms with E-state index < -0.39 is 0 Å². The van der Waals surface area contributed by atoms with Gasteiger partial charge in [-0.3, -0.25) is 9.59 Å². The maximum absolute atomic E-state index is 12.3. The van der Waals surface area contributed by atoms with Gasteiger partial charge in [-0.05, 0) is 19.3 Å². The van der Waals surface area contributed by atoms with Crippen LogP contribution in [0.4, 0.5) is 0 Å². The van der Waals surface area contributed by atoms with E-state index in [0.29, 0.717) is 32.6 Å². The number of hydrogen-bond donors (Lipinski definition) is 1. The molecule has 0 aliphatic carbocycles. The fourth-order valence-corrected chi connectivity index (χ4v) is 2.91. The van der Waals surface area contributed by atoms with E-state index in [2.05, 4.69) is 0 Å². The van der Waals surface area contributed by atoms with Crippen molar-refractivity contribution in [2.24, 2.45) is 11.8 Å². The topological polar surface area (TPSA) is 60.9 Å². The molecule has 0 unspecified atom stereocenters. The molecule has 0 saturated carbocycles. The molecule has 0 aromatic carbocycles. The number of piperidine rings is 1. The average molecular weight is 268 g/mol. The number of β-amino-alcohol motifs (C(OH)–C–C–N with tert-alkyl or cyclic N) is 1. The molecule has 2 aliphatic rings. The summed E-state index contributed by atoms with van der Waals surface area (Å²) in [7, 11) is 0. The molecule has 2 aliphatic heterocycles. The van der Waals surface area contributed by atoms with Crippen LogP contribution in [-0.2, 0) is 9.59 Å². The van der Waals surface area contributed by atoms with Crippen LogP contribution in [-0.4, -0.2) is 59.0 Å². The number of aliphatic hydroxyl groups is 1. The smallest absolute Gasteiger partial charge is 0.225 e. The number of carbonyl (C=O) groups is 2. The third-order valence-electron chi connectivity index (χ3n) is 4.12. The van der Waals surface area contributed by atoms with Crippen molar-refractivity contribution in [1.82, 2.24) is 9.80 Å². The van der Waals surface area contributed by atoms with Crippen molar-refractivity contribution in [3.63, 3.8) is 0 Å². The summed E-state index contributed by atoms with van der Waals surface area (Å²) in [6, 6.07) is 0. The molecule has 5 heteroatoms. The van der Waals surface area contributed by atoms with Crippen molar-refractivity contribution in [2.75, 3.05) is 26.2 Å². The van der Waals surface area contributed by atoms with Gasteiger partial charge in [-0.25, -0.2) is 0 Å². The first kappa shape index (κ1) is 14.3. The van der Waals surface area contributed by atoms with E-state index in [1.165, 1.54) is 0 Å². The van der Waals surface area contributed by atoms with E-state index in [1.807, 2.05) is 18.7 Å². The van der Waals surface area contributed by atoms with E-state index in [9.17, 15) is 14.7 Å². The monoisotopic (exact) mass is 268 g/mol. The molecule has 0 aromatic heterocycles. The van der Waals surface area contributed by atoms with Gasteiger partial charge in [0.15, 0.2) is 0 Å². The van der Waals surface area contributed by atoms with Crippen LogP contribution in [0.5, 0.6) is 0 Å².